The fraction of sp³-hybridized carbons (Fsp3) is 0.333. The Hall–Kier alpha value is -2.12. The smallest absolute Gasteiger partial charge is 0.261 e. The van der Waals surface area contributed by atoms with Crippen molar-refractivity contribution in [2.45, 2.75) is 24.3 Å². The molecule has 1 atom stereocenters. The zero-order chi connectivity index (χ0) is 18.0. The average Bonchev–Trinajstić information content (AvgIpc) is 3.06. The van der Waals surface area contributed by atoms with Crippen LogP contribution in [-0.2, 0) is 14.8 Å². The predicted octanol–water partition coefficient (Wildman–Crippen LogP) is 3.16. The van der Waals surface area contributed by atoms with Crippen LogP contribution >= 0.6 is 0 Å². The molecule has 1 aliphatic rings. The third-order valence-corrected chi connectivity index (χ3v) is 5.78. The largest absolute Gasteiger partial charge is 0.380 e. The van der Waals surface area contributed by atoms with Gasteiger partial charge in [-0.25, -0.2) is 12.8 Å². The molecule has 0 aromatic heterocycles. The van der Waals surface area contributed by atoms with Gasteiger partial charge in [0.2, 0.25) is 0 Å². The lowest BCUT2D eigenvalue weighted by Crippen LogP contribution is -2.22. The molecule has 0 spiro atoms. The first-order valence-corrected chi connectivity index (χ1v) is 9.54. The van der Waals surface area contributed by atoms with E-state index in [9.17, 15) is 12.8 Å². The summed E-state index contributed by atoms with van der Waals surface area (Å²) in [4.78, 5) is 2.24. The average molecular weight is 364 g/mol. The Balaban J connectivity index is 1.73. The number of ether oxygens (including phenoxy) is 1. The molecular weight excluding hydrogens is 343 g/mol. The van der Waals surface area contributed by atoms with E-state index in [2.05, 4.69) is 9.62 Å². The Bertz CT molecular complexity index is 853. The summed E-state index contributed by atoms with van der Waals surface area (Å²) in [5.74, 6) is -0.428. The lowest BCUT2D eigenvalue weighted by atomic mass is 10.2. The topological polar surface area (TPSA) is 58.6 Å². The number of halogens is 1. The molecule has 0 bridgehead atoms. The summed E-state index contributed by atoms with van der Waals surface area (Å²) in [6.45, 7) is 3.28. The van der Waals surface area contributed by atoms with Crippen LogP contribution in [-0.4, -0.2) is 34.7 Å². The van der Waals surface area contributed by atoms with Gasteiger partial charge in [-0.15, -0.1) is 0 Å². The molecular formula is C18H21FN2O3S. The van der Waals surface area contributed by atoms with Gasteiger partial charge in [-0.2, -0.15) is 0 Å². The molecule has 2 aromatic carbocycles. The van der Waals surface area contributed by atoms with Crippen molar-refractivity contribution in [2.24, 2.45) is 0 Å². The molecule has 5 nitrogen and oxygen atoms in total. The van der Waals surface area contributed by atoms with Crippen LogP contribution in [0.4, 0.5) is 15.8 Å². The summed E-state index contributed by atoms with van der Waals surface area (Å²) >= 11 is 0. The maximum atomic E-state index is 13.3. The molecule has 2 aromatic rings. The van der Waals surface area contributed by atoms with Gasteiger partial charge in [0.05, 0.1) is 11.0 Å². The van der Waals surface area contributed by atoms with Gasteiger partial charge < -0.3 is 9.64 Å². The highest BCUT2D eigenvalue weighted by Crippen LogP contribution is 2.25. The van der Waals surface area contributed by atoms with Gasteiger partial charge in [-0.05, 0) is 61.4 Å². The van der Waals surface area contributed by atoms with E-state index in [-0.39, 0.29) is 11.0 Å². The van der Waals surface area contributed by atoms with E-state index in [1.807, 2.05) is 12.1 Å². The monoisotopic (exact) mass is 364 g/mol. The number of aryl methyl sites for hydroxylation is 1. The standard InChI is InChI=1S/C18H21FN2O3S/c1-13-11-17(7-8-18(13)19)25(22,23)20-14-3-5-15(6-4-14)21-10-9-16(12-21)24-2/h3-8,11,16,20H,9-10,12H2,1-2H3. The molecule has 1 N–H and O–H groups in total. The molecule has 0 radical (unpaired) electrons. The molecule has 3 rings (SSSR count). The van der Waals surface area contributed by atoms with Crippen LogP contribution < -0.4 is 9.62 Å². The normalized spacial score (nSPS) is 17.7. The maximum absolute atomic E-state index is 13.3. The molecule has 0 amide bonds. The summed E-state index contributed by atoms with van der Waals surface area (Å²) in [7, 11) is -2.04. The first-order valence-electron chi connectivity index (χ1n) is 8.06. The van der Waals surface area contributed by atoms with Crippen molar-refractivity contribution in [1.29, 1.82) is 0 Å². The Morgan fingerprint density at radius 2 is 1.92 bits per heavy atom. The van der Waals surface area contributed by atoms with E-state index < -0.39 is 15.8 Å². The second-order valence-electron chi connectivity index (χ2n) is 6.16. The Labute approximate surface area is 147 Å². The van der Waals surface area contributed by atoms with Crippen molar-refractivity contribution in [3.63, 3.8) is 0 Å². The van der Waals surface area contributed by atoms with Crippen molar-refractivity contribution in [3.05, 3.63) is 53.8 Å². The molecule has 1 unspecified atom stereocenters. The summed E-state index contributed by atoms with van der Waals surface area (Å²) < 4.78 is 46.1. The van der Waals surface area contributed by atoms with Crippen LogP contribution in [0, 0.1) is 12.7 Å². The lowest BCUT2D eigenvalue weighted by Gasteiger charge is -2.19. The number of anilines is 2. The number of benzene rings is 2. The van der Waals surface area contributed by atoms with Gasteiger partial charge >= 0.3 is 0 Å². The fourth-order valence-electron chi connectivity index (χ4n) is 2.89. The highest BCUT2D eigenvalue weighted by molar-refractivity contribution is 7.92. The van der Waals surface area contributed by atoms with Gasteiger partial charge in [0, 0.05) is 31.6 Å². The SMILES string of the molecule is COC1CCN(c2ccc(NS(=O)(=O)c3ccc(F)c(C)c3)cc2)C1. The van der Waals surface area contributed by atoms with E-state index in [4.69, 9.17) is 4.74 Å². The molecule has 134 valence electrons. The number of nitrogens with zero attached hydrogens (tertiary/aromatic N) is 1. The molecule has 0 saturated carbocycles. The second kappa shape index (κ2) is 7.01. The lowest BCUT2D eigenvalue weighted by molar-refractivity contribution is 0.121. The fourth-order valence-corrected chi connectivity index (χ4v) is 4.04. The number of hydrogen-bond acceptors (Lipinski definition) is 4. The van der Waals surface area contributed by atoms with Crippen molar-refractivity contribution >= 4 is 21.4 Å². The summed E-state index contributed by atoms with van der Waals surface area (Å²) in [5.41, 5.74) is 1.79. The third-order valence-electron chi connectivity index (χ3n) is 4.40. The molecule has 7 heteroatoms. The first-order chi connectivity index (χ1) is 11.9. The highest BCUT2D eigenvalue weighted by Gasteiger charge is 2.22. The number of methoxy groups -OCH3 is 1. The minimum Gasteiger partial charge on any atom is -0.380 e. The summed E-state index contributed by atoms with van der Waals surface area (Å²) in [5, 5.41) is 0. The Morgan fingerprint density at radius 1 is 1.20 bits per heavy atom. The zero-order valence-corrected chi connectivity index (χ0v) is 15.0. The van der Waals surface area contributed by atoms with Gasteiger partial charge in [-0.1, -0.05) is 0 Å². The van der Waals surface area contributed by atoms with E-state index in [0.29, 0.717) is 11.3 Å². The van der Waals surface area contributed by atoms with Crippen LogP contribution in [0.5, 0.6) is 0 Å². The predicted molar refractivity (Wildman–Crippen MR) is 96.0 cm³/mol. The van der Waals surface area contributed by atoms with Gasteiger partial charge in [-0.3, -0.25) is 4.72 Å². The van der Waals surface area contributed by atoms with Crippen molar-refractivity contribution in [2.75, 3.05) is 29.8 Å². The van der Waals surface area contributed by atoms with Gasteiger partial charge in [0.1, 0.15) is 5.82 Å². The van der Waals surface area contributed by atoms with Crippen LogP contribution in [0.25, 0.3) is 0 Å². The zero-order valence-electron chi connectivity index (χ0n) is 14.2. The number of hydrogen-bond donors (Lipinski definition) is 1. The minimum atomic E-state index is -3.75. The van der Waals surface area contributed by atoms with E-state index in [1.165, 1.54) is 19.1 Å². The van der Waals surface area contributed by atoms with Crippen molar-refractivity contribution in [3.8, 4) is 0 Å². The molecule has 1 heterocycles. The number of nitrogens with one attached hydrogen (secondary N) is 1. The molecule has 1 saturated heterocycles. The molecule has 0 aliphatic carbocycles. The minimum absolute atomic E-state index is 0.0398. The van der Waals surface area contributed by atoms with Crippen LogP contribution in [0.2, 0.25) is 0 Å². The van der Waals surface area contributed by atoms with Gasteiger partial charge in [0.25, 0.3) is 10.0 Å². The highest BCUT2D eigenvalue weighted by atomic mass is 32.2. The summed E-state index contributed by atoms with van der Waals surface area (Å²) in [6.07, 6.45) is 1.22. The Kier molecular flexibility index (Phi) is 4.96. The van der Waals surface area contributed by atoms with E-state index in [1.54, 1.807) is 19.2 Å². The van der Waals surface area contributed by atoms with Crippen LogP contribution in [0.3, 0.4) is 0 Å². The van der Waals surface area contributed by atoms with Crippen molar-refractivity contribution in [1.82, 2.24) is 0 Å². The first kappa shape index (κ1) is 17.7. The van der Waals surface area contributed by atoms with Crippen LogP contribution in [0.1, 0.15) is 12.0 Å². The second-order valence-corrected chi connectivity index (χ2v) is 7.84. The van der Waals surface area contributed by atoms with Crippen LogP contribution in [0.15, 0.2) is 47.4 Å². The number of rotatable bonds is 5. The van der Waals surface area contributed by atoms with E-state index >= 15 is 0 Å². The van der Waals surface area contributed by atoms with Crippen molar-refractivity contribution < 1.29 is 17.5 Å². The molecule has 25 heavy (non-hydrogen) atoms. The maximum Gasteiger partial charge on any atom is 0.261 e. The molecule has 1 fully saturated rings. The van der Waals surface area contributed by atoms with Gasteiger partial charge in [0.15, 0.2) is 0 Å². The molecule has 1 aliphatic heterocycles. The third kappa shape index (κ3) is 3.93. The Morgan fingerprint density at radius 3 is 2.52 bits per heavy atom. The van der Waals surface area contributed by atoms with E-state index in [0.717, 1.165) is 31.3 Å². The number of sulfonamides is 1. The summed E-state index contributed by atoms with van der Waals surface area (Å²) in [6, 6.07) is 11.0. The quantitative estimate of drug-likeness (QED) is 0.885.